The number of hydrogen-bond donors (Lipinski definition) is 1. The third-order valence-electron chi connectivity index (χ3n) is 3.52. The van der Waals surface area contributed by atoms with Crippen LogP contribution in [0, 0.1) is 32.6 Å². The first kappa shape index (κ1) is 15.6. The van der Waals surface area contributed by atoms with Crippen molar-refractivity contribution in [2.45, 2.75) is 20.8 Å². The van der Waals surface area contributed by atoms with Gasteiger partial charge in [0.25, 0.3) is 0 Å². The standard InChI is InChI=1S/C19H17N5/c1-12-4-5-15(11-22-12)6-7-17-14(3)23-19(20)24-18(17)16-8-9-21-13(2)10-16/h4-5,8-11H,1-3H3,(H2,20,23,24). The fourth-order valence-corrected chi connectivity index (χ4v) is 2.32. The van der Waals surface area contributed by atoms with Gasteiger partial charge in [0, 0.05) is 34.9 Å². The maximum atomic E-state index is 5.83. The number of rotatable bonds is 1. The van der Waals surface area contributed by atoms with Crippen molar-refractivity contribution in [1.82, 2.24) is 19.9 Å². The zero-order valence-electron chi connectivity index (χ0n) is 13.8. The Morgan fingerprint density at radius 3 is 2.46 bits per heavy atom. The Hall–Kier alpha value is -3.26. The predicted molar refractivity (Wildman–Crippen MR) is 94.1 cm³/mol. The Bertz CT molecular complexity index is 950. The van der Waals surface area contributed by atoms with Gasteiger partial charge in [-0.3, -0.25) is 9.97 Å². The van der Waals surface area contributed by atoms with Gasteiger partial charge in [0.15, 0.2) is 0 Å². The molecule has 0 atom stereocenters. The van der Waals surface area contributed by atoms with Crippen LogP contribution in [0.4, 0.5) is 5.95 Å². The van der Waals surface area contributed by atoms with Crippen molar-refractivity contribution >= 4 is 5.95 Å². The van der Waals surface area contributed by atoms with Gasteiger partial charge >= 0.3 is 0 Å². The van der Waals surface area contributed by atoms with E-state index in [2.05, 4.69) is 31.8 Å². The molecule has 3 heterocycles. The highest BCUT2D eigenvalue weighted by molar-refractivity contribution is 5.69. The van der Waals surface area contributed by atoms with Gasteiger partial charge in [0.1, 0.15) is 0 Å². The molecule has 0 unspecified atom stereocenters. The van der Waals surface area contributed by atoms with Crippen molar-refractivity contribution in [3.63, 3.8) is 0 Å². The van der Waals surface area contributed by atoms with E-state index in [1.165, 1.54) is 0 Å². The smallest absolute Gasteiger partial charge is 0.220 e. The Balaban J connectivity index is 2.12. The lowest BCUT2D eigenvalue weighted by atomic mass is 10.0. The predicted octanol–water partition coefficient (Wildman–Crippen LogP) is 2.84. The van der Waals surface area contributed by atoms with Gasteiger partial charge in [-0.25, -0.2) is 9.97 Å². The first-order chi connectivity index (χ1) is 11.5. The number of aryl methyl sites for hydroxylation is 3. The van der Waals surface area contributed by atoms with Crippen LogP contribution in [0.15, 0.2) is 36.7 Å². The molecule has 5 nitrogen and oxygen atoms in total. The maximum Gasteiger partial charge on any atom is 0.220 e. The first-order valence-corrected chi connectivity index (χ1v) is 7.55. The molecule has 0 aliphatic carbocycles. The second kappa shape index (κ2) is 6.47. The van der Waals surface area contributed by atoms with Crippen molar-refractivity contribution in [2.75, 3.05) is 5.73 Å². The lowest BCUT2D eigenvalue weighted by molar-refractivity contribution is 1.10. The van der Waals surface area contributed by atoms with Crippen LogP contribution in [-0.2, 0) is 0 Å². The van der Waals surface area contributed by atoms with E-state index in [1.54, 1.807) is 12.4 Å². The molecule has 0 spiro atoms. The van der Waals surface area contributed by atoms with E-state index in [1.807, 2.05) is 45.0 Å². The van der Waals surface area contributed by atoms with Crippen LogP contribution in [0.5, 0.6) is 0 Å². The summed E-state index contributed by atoms with van der Waals surface area (Å²) in [5.74, 6) is 6.53. The Kier molecular flexibility index (Phi) is 4.21. The highest BCUT2D eigenvalue weighted by Crippen LogP contribution is 2.24. The van der Waals surface area contributed by atoms with Crippen molar-refractivity contribution in [2.24, 2.45) is 0 Å². The van der Waals surface area contributed by atoms with Gasteiger partial charge < -0.3 is 5.73 Å². The summed E-state index contributed by atoms with van der Waals surface area (Å²) in [4.78, 5) is 17.1. The monoisotopic (exact) mass is 315 g/mol. The number of nitrogens with two attached hydrogens (primary N) is 1. The zero-order valence-corrected chi connectivity index (χ0v) is 13.8. The van der Waals surface area contributed by atoms with Crippen LogP contribution in [-0.4, -0.2) is 19.9 Å². The molecule has 0 radical (unpaired) electrons. The Morgan fingerprint density at radius 2 is 1.75 bits per heavy atom. The molecular formula is C19H17N5. The van der Waals surface area contributed by atoms with Gasteiger partial charge in [-0.2, -0.15) is 0 Å². The molecule has 3 rings (SSSR count). The molecule has 3 aromatic heterocycles. The van der Waals surface area contributed by atoms with Gasteiger partial charge in [-0.1, -0.05) is 11.8 Å². The molecule has 0 aliphatic heterocycles. The molecule has 3 aromatic rings. The number of pyridine rings is 2. The molecule has 118 valence electrons. The first-order valence-electron chi connectivity index (χ1n) is 7.55. The highest BCUT2D eigenvalue weighted by atomic mass is 15.0. The molecule has 0 aliphatic rings. The Morgan fingerprint density at radius 1 is 0.917 bits per heavy atom. The lowest BCUT2D eigenvalue weighted by Crippen LogP contribution is -2.03. The summed E-state index contributed by atoms with van der Waals surface area (Å²) in [5, 5.41) is 0. The summed E-state index contributed by atoms with van der Waals surface area (Å²) in [6.45, 7) is 5.76. The number of anilines is 1. The second-order valence-corrected chi connectivity index (χ2v) is 5.51. The molecule has 0 aromatic carbocycles. The molecule has 2 N–H and O–H groups in total. The molecular weight excluding hydrogens is 298 g/mol. The summed E-state index contributed by atoms with van der Waals surface area (Å²) >= 11 is 0. The van der Waals surface area contributed by atoms with Crippen LogP contribution in [0.25, 0.3) is 11.3 Å². The van der Waals surface area contributed by atoms with E-state index in [4.69, 9.17) is 5.73 Å². The van der Waals surface area contributed by atoms with E-state index in [0.29, 0.717) is 0 Å². The number of nitrogens with zero attached hydrogens (tertiary/aromatic N) is 4. The van der Waals surface area contributed by atoms with Gasteiger partial charge in [0.2, 0.25) is 5.95 Å². The van der Waals surface area contributed by atoms with Gasteiger partial charge in [-0.15, -0.1) is 0 Å². The molecule has 0 saturated carbocycles. The minimum absolute atomic E-state index is 0.236. The van der Waals surface area contributed by atoms with Crippen molar-refractivity contribution < 1.29 is 0 Å². The highest BCUT2D eigenvalue weighted by Gasteiger charge is 2.11. The average Bonchev–Trinajstić information content (AvgIpc) is 2.55. The topological polar surface area (TPSA) is 77.6 Å². The van der Waals surface area contributed by atoms with Crippen LogP contribution in [0.1, 0.15) is 28.2 Å². The van der Waals surface area contributed by atoms with Gasteiger partial charge in [-0.05, 0) is 45.0 Å². The van der Waals surface area contributed by atoms with E-state index in [0.717, 1.165) is 39.5 Å². The van der Waals surface area contributed by atoms with Crippen LogP contribution in [0.2, 0.25) is 0 Å². The average molecular weight is 315 g/mol. The fraction of sp³-hybridized carbons (Fsp3) is 0.158. The normalized spacial score (nSPS) is 10.1. The summed E-state index contributed by atoms with van der Waals surface area (Å²) < 4.78 is 0. The second-order valence-electron chi connectivity index (χ2n) is 5.51. The minimum atomic E-state index is 0.236. The lowest BCUT2D eigenvalue weighted by Gasteiger charge is -2.08. The van der Waals surface area contributed by atoms with E-state index >= 15 is 0 Å². The Labute approximate surface area is 141 Å². The largest absolute Gasteiger partial charge is 0.368 e. The maximum absolute atomic E-state index is 5.83. The van der Waals surface area contributed by atoms with Crippen molar-refractivity contribution in [3.05, 3.63) is 64.9 Å². The summed E-state index contributed by atoms with van der Waals surface area (Å²) in [5.41, 5.74) is 11.7. The summed E-state index contributed by atoms with van der Waals surface area (Å²) in [7, 11) is 0. The SMILES string of the molecule is Cc1ccc(C#Cc2c(C)nc(N)nc2-c2ccnc(C)c2)cn1. The van der Waals surface area contributed by atoms with E-state index < -0.39 is 0 Å². The minimum Gasteiger partial charge on any atom is -0.368 e. The quantitative estimate of drug-likeness (QED) is 0.699. The fourth-order valence-electron chi connectivity index (χ4n) is 2.32. The number of nitrogen functional groups attached to an aromatic ring is 1. The van der Waals surface area contributed by atoms with Crippen LogP contribution >= 0.6 is 0 Å². The summed E-state index contributed by atoms with van der Waals surface area (Å²) in [6.07, 6.45) is 3.51. The van der Waals surface area contributed by atoms with Crippen LogP contribution < -0.4 is 5.73 Å². The van der Waals surface area contributed by atoms with Crippen molar-refractivity contribution in [1.29, 1.82) is 0 Å². The molecule has 0 saturated heterocycles. The zero-order chi connectivity index (χ0) is 17.1. The molecule has 0 bridgehead atoms. The molecule has 24 heavy (non-hydrogen) atoms. The summed E-state index contributed by atoms with van der Waals surface area (Å²) in [6, 6.07) is 7.73. The van der Waals surface area contributed by atoms with E-state index in [9.17, 15) is 0 Å². The third kappa shape index (κ3) is 3.39. The third-order valence-corrected chi connectivity index (χ3v) is 3.52. The van der Waals surface area contributed by atoms with Gasteiger partial charge in [0.05, 0.1) is 17.0 Å². The molecule has 5 heteroatoms. The number of hydrogen-bond acceptors (Lipinski definition) is 5. The van der Waals surface area contributed by atoms with E-state index in [-0.39, 0.29) is 5.95 Å². The van der Waals surface area contributed by atoms with Crippen LogP contribution in [0.3, 0.4) is 0 Å². The molecule has 0 fully saturated rings. The number of aromatic nitrogens is 4. The molecule has 0 amide bonds. The van der Waals surface area contributed by atoms with Crippen molar-refractivity contribution in [3.8, 4) is 23.1 Å².